The Labute approximate surface area is 210 Å². The second-order valence-corrected chi connectivity index (χ2v) is 9.19. The van der Waals surface area contributed by atoms with Crippen LogP contribution in [0.25, 0.3) is 10.9 Å². The Bertz CT molecular complexity index is 1490. The van der Waals surface area contributed by atoms with Crippen molar-refractivity contribution in [2.24, 2.45) is 0 Å². The normalized spacial score (nSPS) is 11.2. The smallest absolute Gasteiger partial charge is 0.258 e. The number of carbonyl (C=O) groups excluding carboxylic acids is 1. The summed E-state index contributed by atoms with van der Waals surface area (Å²) in [6, 6.07) is 19.4. The van der Waals surface area contributed by atoms with E-state index in [-0.39, 0.29) is 24.1 Å². The molecule has 2 N–H and O–H groups in total. The largest absolute Gasteiger partial charge is 0.326 e. The van der Waals surface area contributed by atoms with Crippen LogP contribution in [0.4, 0.5) is 5.82 Å². The number of nitrogens with zero attached hydrogens (tertiary/aromatic N) is 4. The van der Waals surface area contributed by atoms with E-state index in [1.807, 2.05) is 73.6 Å². The van der Waals surface area contributed by atoms with Crippen molar-refractivity contribution in [3.8, 4) is 6.07 Å². The molecule has 0 bridgehead atoms. The molecule has 0 aliphatic rings. The Morgan fingerprint density at radius 1 is 1.14 bits per heavy atom. The molecule has 4 aromatic rings. The van der Waals surface area contributed by atoms with Crippen LogP contribution in [0, 0.1) is 25.2 Å². The van der Waals surface area contributed by atoms with Crippen molar-refractivity contribution >= 4 is 22.6 Å². The van der Waals surface area contributed by atoms with Gasteiger partial charge in [-0.05, 0) is 51.0 Å². The van der Waals surface area contributed by atoms with Crippen LogP contribution >= 0.6 is 0 Å². The molecule has 0 saturated heterocycles. The molecular weight excluding hydrogens is 452 g/mol. The first kappa shape index (κ1) is 24.9. The summed E-state index contributed by atoms with van der Waals surface area (Å²) in [5, 5.41) is 13.3. The van der Waals surface area contributed by atoms with E-state index in [1.54, 1.807) is 18.2 Å². The highest BCUT2D eigenvalue weighted by atomic mass is 16.2. The van der Waals surface area contributed by atoms with E-state index < -0.39 is 0 Å². The molecule has 8 heteroatoms. The number of hydrogen-bond acceptors (Lipinski definition) is 5. The van der Waals surface area contributed by atoms with Crippen molar-refractivity contribution in [2.75, 3.05) is 11.9 Å². The van der Waals surface area contributed by atoms with Crippen LogP contribution in [-0.4, -0.2) is 37.9 Å². The molecule has 4 rings (SSSR count). The van der Waals surface area contributed by atoms with Crippen LogP contribution in [0.1, 0.15) is 42.1 Å². The number of H-pyrrole nitrogens is 1. The maximum atomic E-state index is 13.2. The zero-order chi connectivity index (χ0) is 25.8. The molecule has 0 radical (unpaired) electrons. The van der Waals surface area contributed by atoms with Gasteiger partial charge in [0.05, 0.1) is 29.6 Å². The number of aromatic nitrogens is 3. The van der Waals surface area contributed by atoms with Gasteiger partial charge in [-0.2, -0.15) is 5.26 Å². The van der Waals surface area contributed by atoms with Crippen LogP contribution in [0.5, 0.6) is 0 Å². The van der Waals surface area contributed by atoms with Gasteiger partial charge in [0.25, 0.3) is 5.56 Å². The fourth-order valence-corrected chi connectivity index (χ4v) is 4.27. The molecule has 8 nitrogen and oxygen atoms in total. The first-order chi connectivity index (χ1) is 17.3. The first-order valence-corrected chi connectivity index (χ1v) is 11.9. The maximum absolute atomic E-state index is 13.2. The highest BCUT2D eigenvalue weighted by Crippen LogP contribution is 2.27. The summed E-state index contributed by atoms with van der Waals surface area (Å²) in [7, 11) is 0. The quantitative estimate of drug-likeness (QED) is 0.393. The molecule has 0 spiro atoms. The summed E-state index contributed by atoms with van der Waals surface area (Å²) in [6.45, 7) is 8.75. The van der Waals surface area contributed by atoms with Crippen molar-refractivity contribution < 1.29 is 4.79 Å². The van der Waals surface area contributed by atoms with Crippen molar-refractivity contribution in [1.29, 1.82) is 5.26 Å². The molecule has 0 aliphatic carbocycles. The Balaban J connectivity index is 1.57. The minimum Gasteiger partial charge on any atom is -0.326 e. The molecule has 36 heavy (non-hydrogen) atoms. The molecule has 2 aromatic heterocycles. The Morgan fingerprint density at radius 3 is 2.53 bits per heavy atom. The van der Waals surface area contributed by atoms with Crippen LogP contribution in [0.2, 0.25) is 0 Å². The van der Waals surface area contributed by atoms with E-state index in [9.17, 15) is 14.9 Å². The molecule has 2 heterocycles. The summed E-state index contributed by atoms with van der Waals surface area (Å²) < 4.78 is 1.98. The van der Waals surface area contributed by atoms with Crippen molar-refractivity contribution in [1.82, 2.24) is 19.4 Å². The standard InChI is InChI=1S/C28H30N6O2/c1-18(2)33(16-25-30-24-13-9-8-12-22(24)28(36)31-25)17-26(35)32-27-23(14-29)19(3)20(4)34(27)15-21-10-6-5-7-11-21/h5-13,18H,15-17H2,1-4H3,(H,32,35)(H,30,31,36). The van der Waals surface area contributed by atoms with Crippen LogP contribution < -0.4 is 10.9 Å². The van der Waals surface area contributed by atoms with E-state index in [0.29, 0.717) is 41.2 Å². The Hall–Kier alpha value is -4.22. The molecule has 0 unspecified atom stereocenters. The number of para-hydroxylation sites is 1. The predicted molar refractivity (Wildman–Crippen MR) is 141 cm³/mol. The van der Waals surface area contributed by atoms with Gasteiger partial charge in [0.1, 0.15) is 17.7 Å². The van der Waals surface area contributed by atoms with E-state index >= 15 is 0 Å². The summed E-state index contributed by atoms with van der Waals surface area (Å²) in [5.41, 5.74) is 3.74. The van der Waals surface area contributed by atoms with E-state index in [2.05, 4.69) is 21.4 Å². The van der Waals surface area contributed by atoms with Gasteiger partial charge in [0.15, 0.2) is 0 Å². The summed E-state index contributed by atoms with van der Waals surface area (Å²) >= 11 is 0. The first-order valence-electron chi connectivity index (χ1n) is 11.9. The molecule has 184 valence electrons. The number of nitrogens with one attached hydrogen (secondary N) is 2. The van der Waals surface area contributed by atoms with Crippen LogP contribution in [0.3, 0.4) is 0 Å². The minimum absolute atomic E-state index is 0.0162. The topological polar surface area (TPSA) is 107 Å². The number of anilines is 1. The average Bonchev–Trinajstić information content (AvgIpc) is 3.07. The van der Waals surface area contributed by atoms with Gasteiger partial charge < -0.3 is 14.9 Å². The second-order valence-electron chi connectivity index (χ2n) is 9.19. The maximum Gasteiger partial charge on any atom is 0.258 e. The highest BCUT2D eigenvalue weighted by Gasteiger charge is 2.22. The molecule has 1 amide bonds. The molecule has 0 fully saturated rings. The van der Waals surface area contributed by atoms with E-state index in [1.165, 1.54) is 0 Å². The van der Waals surface area contributed by atoms with Gasteiger partial charge in [0, 0.05) is 18.3 Å². The highest BCUT2D eigenvalue weighted by molar-refractivity contribution is 5.93. The number of amides is 1. The number of hydrogen-bond donors (Lipinski definition) is 2. The fourth-order valence-electron chi connectivity index (χ4n) is 4.27. The zero-order valence-electron chi connectivity index (χ0n) is 21.0. The Kier molecular flexibility index (Phi) is 7.32. The third kappa shape index (κ3) is 5.21. The van der Waals surface area contributed by atoms with Gasteiger partial charge >= 0.3 is 0 Å². The van der Waals surface area contributed by atoms with Gasteiger partial charge in [-0.25, -0.2) is 4.98 Å². The number of rotatable bonds is 8. The lowest BCUT2D eigenvalue weighted by atomic mass is 10.2. The average molecular weight is 483 g/mol. The summed E-state index contributed by atoms with van der Waals surface area (Å²) in [5.74, 6) is 0.759. The van der Waals surface area contributed by atoms with Crippen molar-refractivity contribution in [2.45, 2.75) is 46.8 Å². The lowest BCUT2D eigenvalue weighted by Gasteiger charge is -2.25. The van der Waals surface area contributed by atoms with Gasteiger partial charge in [0.2, 0.25) is 5.91 Å². The molecule has 2 aromatic carbocycles. The fraction of sp³-hybridized carbons (Fsp3) is 0.286. The monoisotopic (exact) mass is 482 g/mol. The lowest BCUT2D eigenvalue weighted by molar-refractivity contribution is -0.117. The predicted octanol–water partition coefficient (Wildman–Crippen LogP) is 4.11. The number of fused-ring (bicyclic) bond motifs is 1. The zero-order valence-corrected chi connectivity index (χ0v) is 21.0. The number of nitriles is 1. The SMILES string of the molecule is Cc1c(C#N)c(NC(=O)CN(Cc2nc3ccccc3c(=O)[nH]2)C(C)C)n(Cc2ccccc2)c1C. The van der Waals surface area contributed by atoms with Crippen molar-refractivity contribution in [3.63, 3.8) is 0 Å². The van der Waals surface area contributed by atoms with Gasteiger partial charge in [-0.1, -0.05) is 42.5 Å². The lowest BCUT2D eigenvalue weighted by Crippen LogP contribution is -2.38. The van der Waals surface area contributed by atoms with E-state index in [0.717, 1.165) is 16.8 Å². The van der Waals surface area contributed by atoms with E-state index in [4.69, 9.17) is 0 Å². The van der Waals surface area contributed by atoms with Crippen molar-refractivity contribution in [3.05, 3.63) is 93.2 Å². The van der Waals surface area contributed by atoms with Crippen LogP contribution in [0.15, 0.2) is 59.4 Å². The third-order valence-corrected chi connectivity index (χ3v) is 6.47. The summed E-state index contributed by atoms with van der Waals surface area (Å²) in [4.78, 5) is 35.0. The number of benzene rings is 2. The number of aromatic amines is 1. The van der Waals surface area contributed by atoms with Gasteiger partial charge in [-0.3, -0.25) is 14.5 Å². The van der Waals surface area contributed by atoms with Gasteiger partial charge in [-0.15, -0.1) is 0 Å². The Morgan fingerprint density at radius 2 is 1.83 bits per heavy atom. The van der Waals surface area contributed by atoms with Crippen LogP contribution in [-0.2, 0) is 17.9 Å². The molecular formula is C28H30N6O2. The summed E-state index contributed by atoms with van der Waals surface area (Å²) in [6.07, 6.45) is 0. The second kappa shape index (κ2) is 10.6. The third-order valence-electron chi connectivity index (χ3n) is 6.47. The molecule has 0 aliphatic heterocycles. The number of carbonyl (C=O) groups is 1. The minimum atomic E-state index is -0.241. The molecule has 0 atom stereocenters. The molecule has 0 saturated carbocycles.